The summed E-state index contributed by atoms with van der Waals surface area (Å²) in [7, 11) is -3.72. The molecule has 6 heteroatoms. The van der Waals surface area contributed by atoms with E-state index in [1.807, 2.05) is 24.3 Å². The van der Waals surface area contributed by atoms with Crippen molar-refractivity contribution in [1.82, 2.24) is 4.98 Å². The summed E-state index contributed by atoms with van der Waals surface area (Å²) in [5.41, 5.74) is 0.402. The number of rotatable bonds is 4. The quantitative estimate of drug-likeness (QED) is 0.775. The van der Waals surface area contributed by atoms with Crippen molar-refractivity contribution in [2.75, 3.05) is 4.72 Å². The molecule has 1 heterocycles. The third-order valence-corrected chi connectivity index (χ3v) is 4.59. The Labute approximate surface area is 128 Å². The third kappa shape index (κ3) is 2.93. The average Bonchev–Trinajstić information content (AvgIpc) is 2.54. The fourth-order valence-electron chi connectivity index (χ4n) is 2.16. The van der Waals surface area contributed by atoms with Crippen LogP contribution < -0.4 is 4.72 Å². The van der Waals surface area contributed by atoms with Crippen molar-refractivity contribution in [2.24, 2.45) is 0 Å². The van der Waals surface area contributed by atoms with Crippen molar-refractivity contribution < 1.29 is 13.5 Å². The molecule has 0 spiro atoms. The Bertz CT molecular complexity index is 923. The smallest absolute Gasteiger partial charge is 0.263 e. The van der Waals surface area contributed by atoms with Crippen LogP contribution in [0.4, 0.5) is 5.82 Å². The summed E-state index contributed by atoms with van der Waals surface area (Å²) >= 11 is 0. The second kappa shape index (κ2) is 5.75. The van der Waals surface area contributed by atoms with Gasteiger partial charge in [-0.25, -0.2) is 13.4 Å². The van der Waals surface area contributed by atoms with Crippen LogP contribution in [-0.2, 0) is 16.6 Å². The molecule has 0 saturated carbocycles. The number of hydrogen-bond donors (Lipinski definition) is 2. The van der Waals surface area contributed by atoms with E-state index < -0.39 is 10.0 Å². The highest BCUT2D eigenvalue weighted by Gasteiger charge is 2.15. The fourth-order valence-corrected chi connectivity index (χ4v) is 3.19. The first-order valence-electron chi connectivity index (χ1n) is 6.67. The van der Waals surface area contributed by atoms with Gasteiger partial charge < -0.3 is 5.11 Å². The van der Waals surface area contributed by atoms with Gasteiger partial charge in [-0.15, -0.1) is 0 Å². The number of hydrogen-bond acceptors (Lipinski definition) is 4. The molecule has 112 valence electrons. The first-order valence-corrected chi connectivity index (χ1v) is 8.15. The molecule has 0 amide bonds. The number of pyridine rings is 1. The molecule has 0 aliphatic carbocycles. The molecule has 0 radical (unpaired) electrons. The average molecular weight is 314 g/mol. The second-order valence-corrected chi connectivity index (χ2v) is 6.47. The Morgan fingerprint density at radius 1 is 0.955 bits per heavy atom. The number of nitrogens with zero attached hydrogens (tertiary/aromatic N) is 1. The van der Waals surface area contributed by atoms with Gasteiger partial charge in [-0.1, -0.05) is 36.4 Å². The molecule has 0 bridgehead atoms. The zero-order valence-corrected chi connectivity index (χ0v) is 12.4. The highest BCUT2D eigenvalue weighted by molar-refractivity contribution is 7.92. The lowest BCUT2D eigenvalue weighted by Crippen LogP contribution is -2.14. The number of fused-ring (bicyclic) bond motifs is 1. The van der Waals surface area contributed by atoms with E-state index >= 15 is 0 Å². The molecule has 2 aromatic carbocycles. The largest absolute Gasteiger partial charge is 0.390 e. The summed E-state index contributed by atoms with van der Waals surface area (Å²) in [5, 5.41) is 10.9. The Hall–Kier alpha value is -2.44. The first kappa shape index (κ1) is 14.5. The van der Waals surface area contributed by atoms with E-state index in [0.717, 1.165) is 10.8 Å². The molecule has 3 rings (SSSR count). The van der Waals surface area contributed by atoms with Crippen LogP contribution in [0.3, 0.4) is 0 Å². The van der Waals surface area contributed by atoms with Gasteiger partial charge in [0, 0.05) is 0 Å². The lowest BCUT2D eigenvalue weighted by molar-refractivity contribution is 0.277. The topological polar surface area (TPSA) is 79.3 Å². The molecule has 0 aliphatic heterocycles. The monoisotopic (exact) mass is 314 g/mol. The minimum Gasteiger partial charge on any atom is -0.390 e. The van der Waals surface area contributed by atoms with Crippen molar-refractivity contribution in [1.29, 1.82) is 0 Å². The van der Waals surface area contributed by atoms with Gasteiger partial charge in [0.05, 0.1) is 17.2 Å². The molecule has 3 aromatic rings. The summed E-state index contributed by atoms with van der Waals surface area (Å²) in [6.07, 6.45) is 0. The molecule has 0 fully saturated rings. The SMILES string of the molecule is O=S(=O)(Nc1cccc(CO)n1)c1ccc2ccccc2c1. The molecule has 0 unspecified atom stereocenters. The van der Waals surface area contributed by atoms with E-state index in [4.69, 9.17) is 5.11 Å². The standard InChI is InChI=1S/C16H14N2O3S/c19-11-14-6-3-7-16(17-14)18-22(20,21)15-9-8-12-4-1-2-5-13(12)10-15/h1-10,19H,11H2,(H,17,18). The molecular weight excluding hydrogens is 300 g/mol. The molecule has 2 N–H and O–H groups in total. The zero-order chi connectivity index (χ0) is 15.6. The lowest BCUT2D eigenvalue weighted by Gasteiger charge is -2.09. The minimum absolute atomic E-state index is 0.169. The second-order valence-electron chi connectivity index (χ2n) is 4.79. The van der Waals surface area contributed by atoms with Crippen LogP contribution in [-0.4, -0.2) is 18.5 Å². The molecule has 0 atom stereocenters. The van der Waals surface area contributed by atoms with Crippen LogP contribution in [0.1, 0.15) is 5.69 Å². The summed E-state index contributed by atoms with van der Waals surface area (Å²) in [5.74, 6) is 0.180. The van der Waals surface area contributed by atoms with E-state index in [1.165, 1.54) is 6.07 Å². The zero-order valence-electron chi connectivity index (χ0n) is 11.6. The minimum atomic E-state index is -3.72. The van der Waals surface area contributed by atoms with Crippen molar-refractivity contribution in [3.05, 3.63) is 66.4 Å². The highest BCUT2D eigenvalue weighted by Crippen LogP contribution is 2.20. The maximum atomic E-state index is 12.4. The van der Waals surface area contributed by atoms with Crippen molar-refractivity contribution in [3.63, 3.8) is 0 Å². The number of sulfonamides is 1. The van der Waals surface area contributed by atoms with E-state index in [0.29, 0.717) is 5.69 Å². The van der Waals surface area contributed by atoms with E-state index in [9.17, 15) is 8.42 Å². The van der Waals surface area contributed by atoms with Gasteiger partial charge in [0.2, 0.25) is 0 Å². The molecule has 0 aliphatic rings. The number of aromatic nitrogens is 1. The number of aliphatic hydroxyl groups excluding tert-OH is 1. The maximum Gasteiger partial charge on any atom is 0.263 e. The molecule has 5 nitrogen and oxygen atoms in total. The van der Waals surface area contributed by atoms with Gasteiger partial charge in [-0.05, 0) is 35.0 Å². The number of nitrogens with one attached hydrogen (secondary N) is 1. The normalized spacial score (nSPS) is 11.5. The van der Waals surface area contributed by atoms with Crippen LogP contribution in [0, 0.1) is 0 Å². The lowest BCUT2D eigenvalue weighted by atomic mass is 10.1. The summed E-state index contributed by atoms with van der Waals surface area (Å²) < 4.78 is 27.3. The number of aliphatic hydroxyl groups is 1. The summed E-state index contributed by atoms with van der Waals surface area (Å²) in [4.78, 5) is 4.19. The van der Waals surface area contributed by atoms with Gasteiger partial charge in [-0.2, -0.15) is 0 Å². The van der Waals surface area contributed by atoms with Gasteiger partial charge in [0.1, 0.15) is 5.82 Å². The predicted octanol–water partition coefficient (Wildman–Crippen LogP) is 2.53. The Kier molecular flexibility index (Phi) is 3.79. The Balaban J connectivity index is 1.96. The summed E-state index contributed by atoms with van der Waals surface area (Å²) in [6, 6.07) is 17.3. The third-order valence-electron chi connectivity index (χ3n) is 3.24. The summed E-state index contributed by atoms with van der Waals surface area (Å²) in [6.45, 7) is -0.245. The van der Waals surface area contributed by atoms with Crippen LogP contribution >= 0.6 is 0 Å². The molecule has 1 aromatic heterocycles. The fraction of sp³-hybridized carbons (Fsp3) is 0.0625. The van der Waals surface area contributed by atoms with E-state index in [1.54, 1.807) is 30.3 Å². The molecule has 22 heavy (non-hydrogen) atoms. The number of benzene rings is 2. The van der Waals surface area contributed by atoms with Gasteiger partial charge >= 0.3 is 0 Å². The predicted molar refractivity (Wildman–Crippen MR) is 84.9 cm³/mol. The van der Waals surface area contributed by atoms with Crippen LogP contribution in [0.5, 0.6) is 0 Å². The van der Waals surface area contributed by atoms with Crippen molar-refractivity contribution in [3.8, 4) is 0 Å². The van der Waals surface area contributed by atoms with Gasteiger partial charge in [0.15, 0.2) is 0 Å². The van der Waals surface area contributed by atoms with Crippen LogP contribution in [0.2, 0.25) is 0 Å². The van der Waals surface area contributed by atoms with Crippen molar-refractivity contribution in [2.45, 2.75) is 11.5 Å². The highest BCUT2D eigenvalue weighted by atomic mass is 32.2. The van der Waals surface area contributed by atoms with E-state index in [-0.39, 0.29) is 17.3 Å². The molecular formula is C16H14N2O3S. The van der Waals surface area contributed by atoms with E-state index in [2.05, 4.69) is 9.71 Å². The number of anilines is 1. The van der Waals surface area contributed by atoms with Crippen LogP contribution in [0.25, 0.3) is 10.8 Å². The first-order chi connectivity index (χ1) is 10.6. The van der Waals surface area contributed by atoms with Gasteiger partial charge in [-0.3, -0.25) is 4.72 Å². The Morgan fingerprint density at radius 3 is 2.50 bits per heavy atom. The van der Waals surface area contributed by atoms with Crippen LogP contribution in [0.15, 0.2) is 65.6 Å². The van der Waals surface area contributed by atoms with Crippen molar-refractivity contribution >= 4 is 26.6 Å². The Morgan fingerprint density at radius 2 is 1.73 bits per heavy atom. The maximum absolute atomic E-state index is 12.4. The molecule has 0 saturated heterocycles. The van der Waals surface area contributed by atoms with Gasteiger partial charge in [0.25, 0.3) is 10.0 Å².